The minimum atomic E-state index is -0.171. The Labute approximate surface area is 145 Å². The second kappa shape index (κ2) is 7.88. The van der Waals surface area contributed by atoms with Gasteiger partial charge in [-0.3, -0.25) is 9.69 Å². The van der Waals surface area contributed by atoms with E-state index in [1.165, 1.54) is 0 Å². The summed E-state index contributed by atoms with van der Waals surface area (Å²) in [6.45, 7) is 11.1. The standard InChI is InChI=1S/C19H30N2O3/c1-5-24-17-12-14(6-7-16(17)22)13-21-10-8-15(9-11-21)18(23)20-19(2,3)4/h6-7,12,15,22H,5,8-11,13H2,1-4H3,(H,20,23). The molecule has 1 aromatic carbocycles. The SMILES string of the molecule is CCOc1cc(CN2CCC(C(=O)NC(C)(C)C)CC2)ccc1O. The van der Waals surface area contributed by atoms with Gasteiger partial charge in [0.1, 0.15) is 0 Å². The third-order valence-corrected chi connectivity index (χ3v) is 4.19. The van der Waals surface area contributed by atoms with Crippen LogP contribution < -0.4 is 10.1 Å². The number of piperidine rings is 1. The second-order valence-electron chi connectivity index (χ2n) is 7.52. The largest absolute Gasteiger partial charge is 0.504 e. The molecule has 5 heteroatoms. The molecule has 0 radical (unpaired) electrons. The Morgan fingerprint density at radius 2 is 2.00 bits per heavy atom. The molecule has 24 heavy (non-hydrogen) atoms. The Morgan fingerprint density at radius 3 is 2.58 bits per heavy atom. The number of ether oxygens (including phenoxy) is 1. The van der Waals surface area contributed by atoms with E-state index < -0.39 is 0 Å². The first kappa shape index (κ1) is 18.6. The van der Waals surface area contributed by atoms with Gasteiger partial charge in [-0.25, -0.2) is 0 Å². The topological polar surface area (TPSA) is 61.8 Å². The second-order valence-corrected chi connectivity index (χ2v) is 7.52. The number of likely N-dealkylation sites (tertiary alicyclic amines) is 1. The third-order valence-electron chi connectivity index (χ3n) is 4.19. The van der Waals surface area contributed by atoms with Crippen molar-refractivity contribution < 1.29 is 14.6 Å². The summed E-state index contributed by atoms with van der Waals surface area (Å²) in [6, 6.07) is 5.51. The number of hydrogen-bond acceptors (Lipinski definition) is 4. The Bertz CT molecular complexity index is 558. The number of amides is 1. The highest BCUT2D eigenvalue weighted by atomic mass is 16.5. The highest BCUT2D eigenvalue weighted by Gasteiger charge is 2.27. The maximum absolute atomic E-state index is 12.3. The lowest BCUT2D eigenvalue weighted by Gasteiger charge is -2.33. The summed E-state index contributed by atoms with van der Waals surface area (Å²) >= 11 is 0. The molecular formula is C19H30N2O3. The molecule has 134 valence electrons. The fourth-order valence-corrected chi connectivity index (χ4v) is 3.01. The number of carbonyl (C=O) groups excluding carboxylic acids is 1. The van der Waals surface area contributed by atoms with E-state index in [2.05, 4.69) is 10.2 Å². The van der Waals surface area contributed by atoms with Gasteiger partial charge in [0, 0.05) is 18.0 Å². The maximum atomic E-state index is 12.3. The van der Waals surface area contributed by atoms with E-state index >= 15 is 0 Å². The van der Waals surface area contributed by atoms with E-state index in [-0.39, 0.29) is 23.1 Å². The molecule has 0 aliphatic carbocycles. The molecule has 1 heterocycles. The molecule has 5 nitrogen and oxygen atoms in total. The van der Waals surface area contributed by atoms with Crippen LogP contribution in [-0.2, 0) is 11.3 Å². The number of hydrogen-bond donors (Lipinski definition) is 2. The van der Waals surface area contributed by atoms with Crippen molar-refractivity contribution in [2.24, 2.45) is 5.92 Å². The van der Waals surface area contributed by atoms with Crippen LogP contribution in [0.15, 0.2) is 18.2 Å². The van der Waals surface area contributed by atoms with Gasteiger partial charge in [-0.15, -0.1) is 0 Å². The molecule has 1 aromatic rings. The summed E-state index contributed by atoms with van der Waals surface area (Å²) in [5.74, 6) is 0.997. The molecule has 0 bridgehead atoms. The Hall–Kier alpha value is -1.75. The molecule has 0 atom stereocenters. The van der Waals surface area contributed by atoms with Crippen molar-refractivity contribution in [1.29, 1.82) is 0 Å². The van der Waals surface area contributed by atoms with Gasteiger partial charge >= 0.3 is 0 Å². The monoisotopic (exact) mass is 334 g/mol. The molecule has 1 aliphatic rings. The van der Waals surface area contributed by atoms with Crippen molar-refractivity contribution in [2.45, 2.75) is 52.6 Å². The summed E-state index contributed by atoms with van der Waals surface area (Å²) in [4.78, 5) is 14.6. The zero-order valence-electron chi connectivity index (χ0n) is 15.3. The first-order valence-corrected chi connectivity index (χ1v) is 8.77. The molecule has 2 N–H and O–H groups in total. The molecule has 2 rings (SSSR count). The van der Waals surface area contributed by atoms with Gasteiger partial charge in [0.05, 0.1) is 6.61 Å². The average Bonchev–Trinajstić information content (AvgIpc) is 2.50. The van der Waals surface area contributed by atoms with Gasteiger partial charge in [-0.05, 0) is 71.3 Å². The zero-order valence-corrected chi connectivity index (χ0v) is 15.3. The summed E-state index contributed by atoms with van der Waals surface area (Å²) in [7, 11) is 0. The molecule has 1 fully saturated rings. The number of carbonyl (C=O) groups is 1. The predicted octanol–water partition coefficient (Wildman–Crippen LogP) is 2.92. The van der Waals surface area contributed by atoms with Crippen molar-refractivity contribution in [1.82, 2.24) is 10.2 Å². The number of phenols is 1. The van der Waals surface area contributed by atoms with E-state index in [1.54, 1.807) is 6.07 Å². The van der Waals surface area contributed by atoms with Crippen LogP contribution in [0.25, 0.3) is 0 Å². The summed E-state index contributed by atoms with van der Waals surface area (Å²) in [5.41, 5.74) is 0.949. The lowest BCUT2D eigenvalue weighted by molar-refractivity contribution is -0.127. The maximum Gasteiger partial charge on any atom is 0.223 e. The van der Waals surface area contributed by atoms with E-state index in [0.717, 1.165) is 38.0 Å². The number of benzene rings is 1. The van der Waals surface area contributed by atoms with Crippen molar-refractivity contribution >= 4 is 5.91 Å². The molecule has 0 saturated carbocycles. The van der Waals surface area contributed by atoms with Crippen LogP contribution in [0.2, 0.25) is 0 Å². The molecule has 1 amide bonds. The number of nitrogens with zero attached hydrogens (tertiary/aromatic N) is 1. The fourth-order valence-electron chi connectivity index (χ4n) is 3.01. The normalized spacial score (nSPS) is 16.8. The quantitative estimate of drug-likeness (QED) is 0.869. The Kier molecular flexibility index (Phi) is 6.10. The fraction of sp³-hybridized carbons (Fsp3) is 0.632. The van der Waals surface area contributed by atoms with Crippen molar-refractivity contribution in [3.8, 4) is 11.5 Å². The predicted molar refractivity (Wildman–Crippen MR) is 95.2 cm³/mol. The third kappa shape index (κ3) is 5.41. The van der Waals surface area contributed by atoms with E-state index in [4.69, 9.17) is 4.74 Å². The van der Waals surface area contributed by atoms with Crippen LogP contribution in [0, 0.1) is 5.92 Å². The first-order chi connectivity index (χ1) is 11.3. The highest BCUT2D eigenvalue weighted by molar-refractivity contribution is 5.79. The van der Waals surface area contributed by atoms with Gasteiger partial charge in [0.25, 0.3) is 0 Å². The highest BCUT2D eigenvalue weighted by Crippen LogP contribution is 2.28. The Morgan fingerprint density at radius 1 is 1.33 bits per heavy atom. The molecule has 0 aromatic heterocycles. The van der Waals surface area contributed by atoms with Gasteiger partial charge in [-0.2, -0.15) is 0 Å². The number of phenolic OH excluding ortho intramolecular Hbond substituents is 1. The first-order valence-electron chi connectivity index (χ1n) is 8.77. The molecule has 1 aliphatic heterocycles. The number of nitrogens with one attached hydrogen (secondary N) is 1. The average molecular weight is 334 g/mol. The van der Waals surface area contributed by atoms with E-state index in [0.29, 0.717) is 12.4 Å². The van der Waals surface area contributed by atoms with E-state index in [1.807, 2.05) is 39.8 Å². The molecule has 0 unspecified atom stereocenters. The van der Waals surface area contributed by atoms with Gasteiger partial charge in [-0.1, -0.05) is 6.07 Å². The molecule has 1 saturated heterocycles. The Balaban J connectivity index is 1.87. The lowest BCUT2D eigenvalue weighted by Crippen LogP contribution is -2.46. The van der Waals surface area contributed by atoms with Crippen LogP contribution >= 0.6 is 0 Å². The van der Waals surface area contributed by atoms with Crippen LogP contribution in [0.5, 0.6) is 11.5 Å². The summed E-state index contributed by atoms with van der Waals surface area (Å²) < 4.78 is 5.44. The molecular weight excluding hydrogens is 304 g/mol. The summed E-state index contributed by atoms with van der Waals surface area (Å²) in [6.07, 6.45) is 1.77. The summed E-state index contributed by atoms with van der Waals surface area (Å²) in [5, 5.41) is 12.9. The van der Waals surface area contributed by atoms with E-state index in [9.17, 15) is 9.90 Å². The van der Waals surface area contributed by atoms with Crippen molar-refractivity contribution in [2.75, 3.05) is 19.7 Å². The van der Waals surface area contributed by atoms with Crippen LogP contribution in [-0.4, -0.2) is 41.1 Å². The van der Waals surface area contributed by atoms with Crippen molar-refractivity contribution in [3.05, 3.63) is 23.8 Å². The number of rotatable bonds is 5. The van der Waals surface area contributed by atoms with Crippen LogP contribution in [0.1, 0.15) is 46.1 Å². The lowest BCUT2D eigenvalue weighted by atomic mass is 9.94. The minimum absolute atomic E-state index is 0.110. The van der Waals surface area contributed by atoms with Gasteiger partial charge in [0.2, 0.25) is 5.91 Å². The smallest absolute Gasteiger partial charge is 0.223 e. The van der Waals surface area contributed by atoms with Crippen LogP contribution in [0.4, 0.5) is 0 Å². The van der Waals surface area contributed by atoms with Gasteiger partial charge in [0.15, 0.2) is 11.5 Å². The minimum Gasteiger partial charge on any atom is -0.504 e. The van der Waals surface area contributed by atoms with Crippen LogP contribution in [0.3, 0.4) is 0 Å². The van der Waals surface area contributed by atoms with Gasteiger partial charge < -0.3 is 15.2 Å². The number of aromatic hydroxyl groups is 1. The van der Waals surface area contributed by atoms with Crippen molar-refractivity contribution in [3.63, 3.8) is 0 Å². The molecule has 0 spiro atoms. The zero-order chi connectivity index (χ0) is 17.7.